The molecule has 0 aliphatic carbocycles. The van der Waals surface area contributed by atoms with E-state index in [1.807, 2.05) is 0 Å². The van der Waals surface area contributed by atoms with E-state index in [9.17, 15) is 33.4 Å². The molecule has 4 aliphatic rings. The summed E-state index contributed by atoms with van der Waals surface area (Å²) in [5.74, 6) is -1.73. The number of aromatic hydroxyl groups is 1. The van der Waals surface area contributed by atoms with Crippen LogP contribution in [0.2, 0.25) is 0 Å². The van der Waals surface area contributed by atoms with Gasteiger partial charge in [-0.25, -0.2) is 17.6 Å². The van der Waals surface area contributed by atoms with Gasteiger partial charge in [0.15, 0.2) is 5.82 Å². The number of ether oxygens (including phenoxy) is 2. The van der Waals surface area contributed by atoms with Crippen LogP contribution in [-0.2, 0) is 19.1 Å². The minimum absolute atomic E-state index is 0.00368. The summed E-state index contributed by atoms with van der Waals surface area (Å²) in [4.78, 5) is 65.3. The standard InChI is InChI=1S/C60H66F4N10O7/c1-6-41-44(61)17-13-34-24-39(75)25-42(50(34)41)53-52(64)54-43(28-66-53)56(73-29-36-15-16-37(30-73)68-36)71-59(70-54)81-32-38-10-8-20-72(38)21-9-22-80-23-19-49(77)69-55(60(3,4)5)58(79)74-31-40(76)26-48(74)57(78)67-33(2)35-14-18-47(65-27-35)51-45(62)11-7-12-46(51)63/h1,7,11-14,17-18,24-25,27-28,33,36-38,40,48,55,68,75-76H,8-10,15-16,19-23,26,29-32H2,2-5H3,(H,67,78)(H,69,77)/t33-,36?,37?,38-,40+,48-,55+/m0/s1. The molecule has 7 atom stereocenters. The van der Waals surface area contributed by atoms with Crippen LogP contribution in [-0.4, -0.2) is 147 Å². The molecule has 4 saturated heterocycles. The zero-order valence-corrected chi connectivity index (χ0v) is 45.7. The first-order chi connectivity index (χ1) is 38.8. The maximum Gasteiger partial charge on any atom is 0.319 e. The summed E-state index contributed by atoms with van der Waals surface area (Å²) in [5.41, 5.74) is -0.571. The average molecular weight is 1120 g/mol. The third-order valence-electron chi connectivity index (χ3n) is 15.9. The number of anilines is 1. The first-order valence-corrected chi connectivity index (χ1v) is 27.6. The number of likely N-dealkylation sites (tertiary alicyclic amines) is 2. The van der Waals surface area contributed by atoms with Crippen molar-refractivity contribution in [1.29, 1.82) is 0 Å². The number of piperazine rings is 1. The molecule has 6 aromatic rings. The fraction of sp³-hybridized carbons (Fsp3) is 0.450. The predicted molar refractivity (Wildman–Crippen MR) is 296 cm³/mol. The number of amides is 3. The summed E-state index contributed by atoms with van der Waals surface area (Å²) < 4.78 is 73.2. The van der Waals surface area contributed by atoms with Crippen molar-refractivity contribution in [1.82, 2.24) is 45.7 Å². The zero-order chi connectivity index (χ0) is 57.3. The minimum Gasteiger partial charge on any atom is -0.508 e. The highest BCUT2D eigenvalue weighted by Gasteiger charge is 2.45. The molecule has 0 radical (unpaired) electrons. The Balaban J connectivity index is 0.732. The van der Waals surface area contributed by atoms with E-state index in [4.69, 9.17) is 20.9 Å². The molecule has 21 heteroatoms. The van der Waals surface area contributed by atoms with Gasteiger partial charge in [-0.1, -0.05) is 44.9 Å². The number of hydrogen-bond acceptors (Lipinski definition) is 14. The van der Waals surface area contributed by atoms with Gasteiger partial charge in [0.25, 0.3) is 0 Å². The number of pyridine rings is 2. The Kier molecular flexibility index (Phi) is 16.7. The van der Waals surface area contributed by atoms with Gasteiger partial charge in [-0.05, 0) is 98.3 Å². The number of halogens is 4. The summed E-state index contributed by atoms with van der Waals surface area (Å²) in [7, 11) is 0. The van der Waals surface area contributed by atoms with E-state index in [2.05, 4.69) is 46.6 Å². The van der Waals surface area contributed by atoms with Crippen LogP contribution in [0.4, 0.5) is 23.4 Å². The fourth-order valence-electron chi connectivity index (χ4n) is 11.7. The van der Waals surface area contributed by atoms with Gasteiger partial charge in [0.2, 0.25) is 17.7 Å². The molecule has 81 heavy (non-hydrogen) atoms. The molecule has 5 N–H and O–H groups in total. The molecule has 2 bridgehead atoms. The van der Waals surface area contributed by atoms with Crippen LogP contribution < -0.4 is 25.6 Å². The van der Waals surface area contributed by atoms with E-state index >= 15 is 8.78 Å². The lowest BCUT2D eigenvalue weighted by molar-refractivity contribution is -0.144. The number of nitrogens with zero attached hydrogens (tertiary/aromatic N) is 7. The Bertz CT molecular complexity index is 3360. The highest BCUT2D eigenvalue weighted by molar-refractivity contribution is 6.03. The van der Waals surface area contributed by atoms with Crippen LogP contribution in [0.5, 0.6) is 11.8 Å². The van der Waals surface area contributed by atoms with E-state index < -0.39 is 70.6 Å². The Hall–Kier alpha value is -7.51. The highest BCUT2D eigenvalue weighted by atomic mass is 19.1. The second-order valence-electron chi connectivity index (χ2n) is 22.6. The molecule has 3 aromatic carbocycles. The summed E-state index contributed by atoms with van der Waals surface area (Å²) in [6.45, 7) is 10.4. The van der Waals surface area contributed by atoms with Gasteiger partial charge in [0, 0.05) is 87.1 Å². The predicted octanol–water partition coefficient (Wildman–Crippen LogP) is 7.10. The SMILES string of the molecule is C#Cc1c(F)ccc2cc(O)cc(-c3ncc4c(N5CC6CCC(C5)N6)nc(OC[C@@H]5CCCN5CCCOCCC(=O)N[C@H](C(=O)N5C[C@H](O)C[C@H]5C(=O)N[C@@H](C)c5ccc(-c6c(F)cccc6F)nc5)C(C)(C)C)nc4c3F)c12. The van der Waals surface area contributed by atoms with E-state index in [1.54, 1.807) is 33.8 Å². The summed E-state index contributed by atoms with van der Waals surface area (Å²) >= 11 is 0. The number of aliphatic hydroxyl groups excluding tert-OH is 1. The molecule has 426 valence electrons. The van der Waals surface area contributed by atoms with Gasteiger partial charge in [-0.15, -0.1) is 6.42 Å². The third-order valence-corrected chi connectivity index (χ3v) is 15.9. The lowest BCUT2D eigenvalue weighted by Crippen LogP contribution is -2.58. The monoisotopic (exact) mass is 1110 g/mol. The second-order valence-corrected chi connectivity index (χ2v) is 22.6. The molecule has 4 fully saturated rings. The average Bonchev–Trinajstić information content (AvgIpc) is 4.13. The Labute approximate surface area is 466 Å². The molecule has 0 saturated carbocycles. The van der Waals surface area contributed by atoms with E-state index in [0.29, 0.717) is 54.8 Å². The number of β-amino-alcohol motifs (C(OH)–C–C–N with tert-alkyl or cyclic N) is 1. The van der Waals surface area contributed by atoms with E-state index in [0.717, 1.165) is 44.4 Å². The van der Waals surface area contributed by atoms with Crippen LogP contribution in [0.15, 0.2) is 67.0 Å². The molecule has 3 amide bonds. The number of rotatable bonds is 18. The van der Waals surface area contributed by atoms with Crippen LogP contribution in [0.1, 0.15) is 89.8 Å². The largest absolute Gasteiger partial charge is 0.508 e. The van der Waals surface area contributed by atoms with Crippen LogP contribution in [0.3, 0.4) is 0 Å². The van der Waals surface area contributed by atoms with Crippen molar-refractivity contribution in [3.8, 4) is 46.6 Å². The molecular weight excluding hydrogens is 1050 g/mol. The molecule has 2 unspecified atom stereocenters. The Morgan fingerprint density at radius 3 is 2.41 bits per heavy atom. The van der Waals surface area contributed by atoms with Crippen LogP contribution in [0, 0.1) is 41.0 Å². The maximum absolute atomic E-state index is 17.1. The van der Waals surface area contributed by atoms with Gasteiger partial charge in [0.1, 0.15) is 58.9 Å². The number of aliphatic hydroxyl groups is 1. The topological polar surface area (TPSA) is 208 Å². The number of aromatic nitrogens is 4. The minimum atomic E-state index is -1.04. The number of phenols is 1. The van der Waals surface area contributed by atoms with Crippen LogP contribution in [0.25, 0.3) is 44.2 Å². The Morgan fingerprint density at radius 1 is 0.926 bits per heavy atom. The number of carbonyl (C=O) groups is 3. The smallest absolute Gasteiger partial charge is 0.319 e. The molecule has 10 rings (SSSR count). The van der Waals surface area contributed by atoms with Crippen LogP contribution >= 0.6 is 0 Å². The number of carbonyl (C=O) groups excluding carboxylic acids is 3. The van der Waals surface area contributed by atoms with Crippen molar-refractivity contribution < 1.29 is 51.6 Å². The molecular formula is C60H66F4N10O7. The zero-order valence-electron chi connectivity index (χ0n) is 45.7. The maximum atomic E-state index is 17.1. The number of benzene rings is 3. The van der Waals surface area contributed by atoms with E-state index in [1.165, 1.54) is 53.7 Å². The molecule has 7 heterocycles. The van der Waals surface area contributed by atoms with Gasteiger partial charge in [-0.3, -0.25) is 29.3 Å². The number of fused-ring (bicyclic) bond motifs is 4. The number of hydrogen-bond donors (Lipinski definition) is 5. The molecule has 17 nitrogen and oxygen atoms in total. The third kappa shape index (κ3) is 12.2. The lowest BCUT2D eigenvalue weighted by Gasteiger charge is -2.35. The molecule has 4 aliphatic heterocycles. The second kappa shape index (κ2) is 23.9. The van der Waals surface area contributed by atoms with Crippen molar-refractivity contribution >= 4 is 45.2 Å². The highest BCUT2D eigenvalue weighted by Crippen LogP contribution is 2.40. The van der Waals surface area contributed by atoms with Gasteiger partial charge >= 0.3 is 6.01 Å². The van der Waals surface area contributed by atoms with Gasteiger partial charge < -0.3 is 45.4 Å². The van der Waals surface area contributed by atoms with Crippen molar-refractivity contribution in [2.45, 2.75) is 115 Å². The molecule has 3 aromatic heterocycles. The summed E-state index contributed by atoms with van der Waals surface area (Å²) in [5, 5.41) is 31.8. The number of phenolic OH excluding ortho intramolecular Hbond substituents is 1. The van der Waals surface area contributed by atoms with Gasteiger partial charge in [-0.2, -0.15) is 9.97 Å². The lowest BCUT2D eigenvalue weighted by atomic mass is 9.85. The quantitative estimate of drug-likeness (QED) is 0.0331. The van der Waals surface area contributed by atoms with Crippen molar-refractivity contribution in [3.05, 3.63) is 101 Å². The first-order valence-electron chi connectivity index (χ1n) is 27.6. The van der Waals surface area contributed by atoms with Crippen molar-refractivity contribution in [2.75, 3.05) is 57.4 Å². The summed E-state index contributed by atoms with van der Waals surface area (Å²) in [6, 6.07) is 9.81. The fourth-order valence-corrected chi connectivity index (χ4v) is 11.7. The van der Waals surface area contributed by atoms with E-state index in [-0.39, 0.29) is 101 Å². The van der Waals surface area contributed by atoms with Gasteiger partial charge in [0.05, 0.1) is 41.0 Å². The summed E-state index contributed by atoms with van der Waals surface area (Å²) in [6.07, 6.45) is 12.1. The first kappa shape index (κ1) is 56.8. The number of terminal acetylenes is 1. The normalized spacial score (nSPS) is 20.9. The van der Waals surface area contributed by atoms with Crippen molar-refractivity contribution in [3.63, 3.8) is 0 Å². The molecule has 0 spiro atoms. The number of nitrogens with one attached hydrogen (secondary N) is 3. The Morgan fingerprint density at radius 2 is 1.69 bits per heavy atom. The van der Waals surface area contributed by atoms with Crippen molar-refractivity contribution in [2.24, 2.45) is 5.41 Å².